The zero-order valence-electron chi connectivity index (χ0n) is 35.3. The number of ether oxygens (including phenoxy) is 1. The first-order valence-corrected chi connectivity index (χ1v) is 23.8. The summed E-state index contributed by atoms with van der Waals surface area (Å²) in [5, 5.41) is 0. The lowest BCUT2D eigenvalue weighted by atomic mass is 10.0. The maximum Gasteiger partial charge on any atom is 0.305 e. The lowest BCUT2D eigenvalue weighted by Crippen LogP contribution is -2.05. The van der Waals surface area contributed by atoms with Gasteiger partial charge in [0.05, 0.1) is 6.61 Å². The highest BCUT2D eigenvalue weighted by atomic mass is 16.5. The van der Waals surface area contributed by atoms with E-state index in [-0.39, 0.29) is 5.97 Å². The highest BCUT2D eigenvalue weighted by molar-refractivity contribution is 5.69. The zero-order chi connectivity index (χ0) is 36.8. The van der Waals surface area contributed by atoms with Crippen LogP contribution in [0.3, 0.4) is 0 Å². The Morgan fingerprint density at radius 1 is 0.333 bits per heavy atom. The second-order valence-corrected chi connectivity index (χ2v) is 16.1. The molecule has 0 unspecified atom stereocenters. The minimum absolute atomic E-state index is 0.0115. The SMILES string of the molecule is CCCCCCCCC=CCC=CCCCCCCC(=O)OCCCCCCCCCCCCCCCCCCCCCCCCCCCCC. The van der Waals surface area contributed by atoms with Crippen LogP contribution in [-0.2, 0) is 9.53 Å². The molecular weight excluding hydrogens is 621 g/mol. The molecule has 0 radical (unpaired) electrons. The fourth-order valence-electron chi connectivity index (χ4n) is 7.29. The van der Waals surface area contributed by atoms with Gasteiger partial charge in [0, 0.05) is 6.42 Å². The molecule has 51 heavy (non-hydrogen) atoms. The van der Waals surface area contributed by atoms with Gasteiger partial charge in [0.1, 0.15) is 0 Å². The van der Waals surface area contributed by atoms with Gasteiger partial charge in [-0.1, -0.05) is 250 Å². The van der Waals surface area contributed by atoms with Crippen molar-refractivity contribution in [3.63, 3.8) is 0 Å². The summed E-state index contributed by atoms with van der Waals surface area (Å²) in [5.41, 5.74) is 0. The number of carbonyl (C=O) groups is 1. The summed E-state index contributed by atoms with van der Waals surface area (Å²) in [7, 11) is 0. The smallest absolute Gasteiger partial charge is 0.305 e. The Balaban J connectivity index is 3.19. The summed E-state index contributed by atoms with van der Waals surface area (Å²) in [6, 6.07) is 0. The largest absolute Gasteiger partial charge is 0.466 e. The van der Waals surface area contributed by atoms with Crippen LogP contribution >= 0.6 is 0 Å². The van der Waals surface area contributed by atoms with Crippen LogP contribution in [0.25, 0.3) is 0 Å². The highest BCUT2D eigenvalue weighted by Gasteiger charge is 2.03. The topological polar surface area (TPSA) is 26.3 Å². The number of carbonyl (C=O) groups excluding carboxylic acids is 1. The summed E-state index contributed by atoms with van der Waals surface area (Å²) < 4.78 is 5.47. The lowest BCUT2D eigenvalue weighted by Gasteiger charge is -2.05. The Morgan fingerprint density at radius 3 is 0.941 bits per heavy atom. The molecule has 0 aromatic rings. The Labute approximate surface area is 322 Å². The van der Waals surface area contributed by atoms with Crippen LogP contribution in [0.4, 0.5) is 0 Å². The fraction of sp³-hybridized carbons (Fsp3) is 0.898. The van der Waals surface area contributed by atoms with Gasteiger partial charge < -0.3 is 4.74 Å². The molecule has 0 fully saturated rings. The van der Waals surface area contributed by atoms with E-state index in [1.165, 1.54) is 225 Å². The molecule has 0 heterocycles. The summed E-state index contributed by atoms with van der Waals surface area (Å²) in [6.07, 6.45) is 64.5. The van der Waals surface area contributed by atoms with Crippen LogP contribution in [0.1, 0.15) is 277 Å². The lowest BCUT2D eigenvalue weighted by molar-refractivity contribution is -0.143. The van der Waals surface area contributed by atoms with Crippen molar-refractivity contribution in [2.24, 2.45) is 0 Å². The first-order valence-electron chi connectivity index (χ1n) is 23.8. The molecule has 2 heteroatoms. The number of unbranched alkanes of at least 4 members (excludes halogenated alkanes) is 36. The van der Waals surface area contributed by atoms with Gasteiger partial charge in [-0.05, 0) is 44.9 Å². The van der Waals surface area contributed by atoms with E-state index in [2.05, 4.69) is 38.2 Å². The zero-order valence-corrected chi connectivity index (χ0v) is 35.3. The van der Waals surface area contributed by atoms with E-state index in [4.69, 9.17) is 4.74 Å². The van der Waals surface area contributed by atoms with E-state index in [1.54, 1.807) is 0 Å². The molecule has 0 N–H and O–H groups in total. The maximum absolute atomic E-state index is 12.0. The third-order valence-electron chi connectivity index (χ3n) is 10.8. The first-order chi connectivity index (χ1) is 25.3. The molecule has 0 aliphatic carbocycles. The maximum atomic E-state index is 12.0. The quantitative estimate of drug-likeness (QED) is 0.0357. The average Bonchev–Trinajstić information content (AvgIpc) is 3.14. The minimum Gasteiger partial charge on any atom is -0.466 e. The summed E-state index contributed by atoms with van der Waals surface area (Å²) in [4.78, 5) is 12.0. The average molecular weight is 715 g/mol. The molecule has 0 aromatic heterocycles. The van der Waals surface area contributed by atoms with Crippen molar-refractivity contribution < 1.29 is 9.53 Å². The van der Waals surface area contributed by atoms with Crippen molar-refractivity contribution in [3.8, 4) is 0 Å². The van der Waals surface area contributed by atoms with E-state index in [9.17, 15) is 4.79 Å². The molecule has 302 valence electrons. The van der Waals surface area contributed by atoms with Gasteiger partial charge in [0.2, 0.25) is 0 Å². The van der Waals surface area contributed by atoms with Crippen molar-refractivity contribution in [2.45, 2.75) is 277 Å². The van der Waals surface area contributed by atoms with Gasteiger partial charge in [-0.3, -0.25) is 4.79 Å². The second kappa shape index (κ2) is 47.0. The van der Waals surface area contributed by atoms with E-state index in [0.29, 0.717) is 13.0 Å². The van der Waals surface area contributed by atoms with E-state index in [0.717, 1.165) is 32.1 Å². The molecule has 0 rings (SSSR count). The molecule has 0 aromatic carbocycles. The summed E-state index contributed by atoms with van der Waals surface area (Å²) >= 11 is 0. The van der Waals surface area contributed by atoms with Crippen molar-refractivity contribution in [3.05, 3.63) is 24.3 Å². The van der Waals surface area contributed by atoms with Crippen LogP contribution < -0.4 is 0 Å². The Morgan fingerprint density at radius 2 is 0.608 bits per heavy atom. The van der Waals surface area contributed by atoms with E-state index >= 15 is 0 Å². The van der Waals surface area contributed by atoms with Crippen LogP contribution in [0.5, 0.6) is 0 Å². The van der Waals surface area contributed by atoms with Gasteiger partial charge in [0.15, 0.2) is 0 Å². The van der Waals surface area contributed by atoms with Gasteiger partial charge in [0.25, 0.3) is 0 Å². The minimum atomic E-state index is 0.0115. The highest BCUT2D eigenvalue weighted by Crippen LogP contribution is 2.16. The molecule has 0 bridgehead atoms. The molecule has 0 atom stereocenters. The van der Waals surface area contributed by atoms with Crippen molar-refractivity contribution >= 4 is 5.97 Å². The normalized spacial score (nSPS) is 11.8. The predicted octanol–water partition coefficient (Wildman–Crippen LogP) is 17.7. The molecule has 0 spiro atoms. The van der Waals surface area contributed by atoms with Gasteiger partial charge in [-0.2, -0.15) is 0 Å². The Kier molecular flexibility index (Phi) is 46.0. The Bertz CT molecular complexity index is 694. The Hall–Kier alpha value is -1.05. The second-order valence-electron chi connectivity index (χ2n) is 16.1. The number of hydrogen-bond donors (Lipinski definition) is 0. The molecular formula is C49H94O2. The third kappa shape index (κ3) is 46.9. The number of rotatable bonds is 44. The molecule has 0 aliphatic rings. The van der Waals surface area contributed by atoms with Crippen LogP contribution in [0.15, 0.2) is 24.3 Å². The van der Waals surface area contributed by atoms with Crippen molar-refractivity contribution in [2.75, 3.05) is 6.61 Å². The number of allylic oxidation sites excluding steroid dienone is 4. The molecule has 0 amide bonds. The first kappa shape index (κ1) is 49.9. The van der Waals surface area contributed by atoms with Crippen LogP contribution in [0, 0.1) is 0 Å². The molecule has 0 aliphatic heterocycles. The molecule has 0 saturated heterocycles. The number of hydrogen-bond acceptors (Lipinski definition) is 2. The molecule has 0 saturated carbocycles. The van der Waals surface area contributed by atoms with Gasteiger partial charge in [-0.25, -0.2) is 0 Å². The van der Waals surface area contributed by atoms with E-state index < -0.39 is 0 Å². The van der Waals surface area contributed by atoms with Gasteiger partial charge >= 0.3 is 5.97 Å². The summed E-state index contributed by atoms with van der Waals surface area (Å²) in [6.45, 7) is 5.20. The van der Waals surface area contributed by atoms with Crippen LogP contribution in [-0.4, -0.2) is 12.6 Å². The van der Waals surface area contributed by atoms with E-state index in [1.807, 2.05) is 0 Å². The monoisotopic (exact) mass is 715 g/mol. The predicted molar refractivity (Wildman–Crippen MR) is 230 cm³/mol. The van der Waals surface area contributed by atoms with Crippen molar-refractivity contribution in [1.29, 1.82) is 0 Å². The van der Waals surface area contributed by atoms with Crippen LogP contribution in [0.2, 0.25) is 0 Å². The van der Waals surface area contributed by atoms with Gasteiger partial charge in [-0.15, -0.1) is 0 Å². The number of esters is 1. The molecule has 2 nitrogen and oxygen atoms in total. The third-order valence-corrected chi connectivity index (χ3v) is 10.8. The standard InChI is InChI=1S/C49H94O2/c1-3-5-7-9-11-13-15-17-19-21-22-23-24-25-26-27-28-29-30-32-34-36-38-40-42-44-46-48-51-49(50)47-45-43-41-39-37-35-33-31-20-18-16-14-12-10-8-6-4-2/h18,20,33,35H,3-17,19,21-32,34,36-48H2,1-2H3. The fourth-order valence-corrected chi connectivity index (χ4v) is 7.29. The summed E-state index contributed by atoms with van der Waals surface area (Å²) in [5.74, 6) is 0.0115. The van der Waals surface area contributed by atoms with Crippen molar-refractivity contribution in [1.82, 2.24) is 0 Å².